The Bertz CT molecular complexity index is 1110. The van der Waals surface area contributed by atoms with E-state index in [-0.39, 0.29) is 17.3 Å². The lowest BCUT2D eigenvalue weighted by molar-refractivity contribution is 0.0788. The van der Waals surface area contributed by atoms with Gasteiger partial charge in [0.2, 0.25) is 0 Å². The normalized spacial score (nSPS) is 13.9. The zero-order chi connectivity index (χ0) is 19.1. The lowest BCUT2D eigenvalue weighted by Crippen LogP contribution is -2.28. The predicted octanol–water partition coefficient (Wildman–Crippen LogP) is 3.07. The number of aromatic nitrogens is 2. The van der Waals surface area contributed by atoms with Gasteiger partial charge < -0.3 is 15.2 Å². The molecule has 1 amide bonds. The van der Waals surface area contributed by atoms with Gasteiger partial charge in [-0.2, -0.15) is 5.26 Å². The first-order valence-electron chi connectivity index (χ1n) is 8.74. The third-order valence-corrected chi connectivity index (χ3v) is 5.05. The van der Waals surface area contributed by atoms with Crippen LogP contribution < -0.4 is 5.73 Å². The van der Waals surface area contributed by atoms with E-state index in [1.165, 1.54) is 18.3 Å². The summed E-state index contributed by atoms with van der Waals surface area (Å²) in [5, 5.41) is 9.94. The van der Waals surface area contributed by atoms with Gasteiger partial charge in [0.15, 0.2) is 0 Å². The van der Waals surface area contributed by atoms with Crippen molar-refractivity contribution in [1.29, 1.82) is 5.26 Å². The molecule has 1 saturated heterocycles. The zero-order valence-electron chi connectivity index (χ0n) is 14.9. The van der Waals surface area contributed by atoms with E-state index in [1.807, 2.05) is 0 Å². The van der Waals surface area contributed by atoms with Crippen LogP contribution in [0.4, 0.5) is 10.2 Å². The third-order valence-electron chi connectivity index (χ3n) is 5.05. The molecule has 0 atom stereocenters. The van der Waals surface area contributed by atoms with Crippen molar-refractivity contribution in [2.24, 2.45) is 7.05 Å². The number of nitriles is 1. The number of pyridine rings is 1. The quantitative estimate of drug-likeness (QED) is 0.758. The monoisotopic (exact) mass is 363 g/mol. The van der Waals surface area contributed by atoms with Gasteiger partial charge in [0.05, 0.1) is 22.0 Å². The summed E-state index contributed by atoms with van der Waals surface area (Å²) in [6.07, 6.45) is 5.13. The predicted molar refractivity (Wildman–Crippen MR) is 100 cm³/mol. The Morgan fingerprint density at radius 1 is 1.33 bits per heavy atom. The molecule has 0 unspecified atom stereocenters. The Labute approximate surface area is 155 Å². The van der Waals surface area contributed by atoms with E-state index in [0.29, 0.717) is 40.7 Å². The second-order valence-electron chi connectivity index (χ2n) is 6.74. The molecule has 1 aliphatic rings. The molecule has 3 aromatic rings. The van der Waals surface area contributed by atoms with E-state index in [2.05, 4.69) is 11.1 Å². The van der Waals surface area contributed by atoms with E-state index in [1.54, 1.807) is 28.8 Å². The van der Waals surface area contributed by atoms with E-state index < -0.39 is 5.82 Å². The summed E-state index contributed by atoms with van der Waals surface area (Å²) in [4.78, 5) is 18.2. The fourth-order valence-corrected chi connectivity index (χ4v) is 3.72. The number of likely N-dealkylation sites (tertiary alicyclic amines) is 1. The standard InChI is InChI=1S/C20H18FN5O/c1-25-11-15(17-18(25)13(9-22)10-24-19(17)23)12-4-5-14(16(21)8-12)20(27)26-6-2-3-7-26/h4-5,8,10-11H,2-3,6-7H2,1H3,(H2,23,24). The molecule has 1 aliphatic heterocycles. The van der Waals surface area contributed by atoms with Gasteiger partial charge >= 0.3 is 0 Å². The van der Waals surface area contributed by atoms with Crippen LogP contribution in [0.15, 0.2) is 30.6 Å². The van der Waals surface area contributed by atoms with Crippen molar-refractivity contribution in [3.8, 4) is 17.2 Å². The largest absolute Gasteiger partial charge is 0.383 e. The number of carbonyl (C=O) groups is 1. The molecule has 0 spiro atoms. The average Bonchev–Trinajstić information content (AvgIpc) is 3.31. The molecule has 0 saturated carbocycles. The maximum atomic E-state index is 14.7. The Kier molecular flexibility index (Phi) is 4.04. The number of amides is 1. The van der Waals surface area contributed by atoms with Crippen LogP contribution >= 0.6 is 0 Å². The molecule has 0 radical (unpaired) electrons. The molecule has 0 bridgehead atoms. The van der Waals surface area contributed by atoms with Crippen molar-refractivity contribution in [3.05, 3.63) is 47.5 Å². The average molecular weight is 363 g/mol. The number of carbonyl (C=O) groups excluding carboxylic acids is 1. The lowest BCUT2D eigenvalue weighted by atomic mass is 10.0. The van der Waals surface area contributed by atoms with Crippen LogP contribution in [0.2, 0.25) is 0 Å². The highest BCUT2D eigenvalue weighted by Crippen LogP contribution is 2.35. The van der Waals surface area contributed by atoms with E-state index in [9.17, 15) is 14.4 Å². The highest BCUT2D eigenvalue weighted by molar-refractivity contribution is 6.05. The van der Waals surface area contributed by atoms with E-state index in [4.69, 9.17) is 5.73 Å². The highest BCUT2D eigenvalue weighted by Gasteiger charge is 2.23. The summed E-state index contributed by atoms with van der Waals surface area (Å²) in [5.74, 6) is -0.566. The maximum absolute atomic E-state index is 14.7. The minimum Gasteiger partial charge on any atom is -0.383 e. The molecule has 0 aliphatic carbocycles. The maximum Gasteiger partial charge on any atom is 0.256 e. The molecule has 2 aromatic heterocycles. The molecule has 27 heavy (non-hydrogen) atoms. The minimum absolute atomic E-state index is 0.0738. The number of halogens is 1. The molecule has 6 nitrogen and oxygen atoms in total. The van der Waals surface area contributed by atoms with Gasteiger partial charge in [-0.15, -0.1) is 0 Å². The number of nitrogens with two attached hydrogens (primary N) is 1. The number of aryl methyl sites for hydroxylation is 1. The zero-order valence-corrected chi connectivity index (χ0v) is 14.9. The van der Waals surface area contributed by atoms with Gasteiger partial charge in [-0.25, -0.2) is 9.37 Å². The molecule has 3 heterocycles. The first-order valence-corrected chi connectivity index (χ1v) is 8.74. The van der Waals surface area contributed by atoms with Crippen LogP contribution in [-0.2, 0) is 7.05 Å². The fourth-order valence-electron chi connectivity index (χ4n) is 3.72. The first kappa shape index (κ1) is 17.0. The van der Waals surface area contributed by atoms with Gasteiger partial charge in [0.25, 0.3) is 5.91 Å². The molecule has 1 aromatic carbocycles. The number of benzene rings is 1. The molecule has 2 N–H and O–H groups in total. The summed E-state index contributed by atoms with van der Waals surface area (Å²) in [7, 11) is 1.80. The second kappa shape index (κ2) is 6.40. The summed E-state index contributed by atoms with van der Waals surface area (Å²) in [5.41, 5.74) is 8.42. The van der Waals surface area contributed by atoms with Crippen molar-refractivity contribution in [2.75, 3.05) is 18.8 Å². The van der Waals surface area contributed by atoms with E-state index >= 15 is 0 Å². The van der Waals surface area contributed by atoms with Crippen LogP contribution in [-0.4, -0.2) is 33.4 Å². The van der Waals surface area contributed by atoms with Crippen molar-refractivity contribution < 1.29 is 9.18 Å². The number of hydrogen-bond acceptors (Lipinski definition) is 4. The Hall–Kier alpha value is -3.40. The summed E-state index contributed by atoms with van der Waals surface area (Å²) in [6, 6.07) is 6.67. The fraction of sp³-hybridized carbons (Fsp3) is 0.250. The minimum atomic E-state index is -0.565. The van der Waals surface area contributed by atoms with Gasteiger partial charge in [-0.3, -0.25) is 4.79 Å². The number of nitrogens with zero attached hydrogens (tertiary/aromatic N) is 4. The second-order valence-corrected chi connectivity index (χ2v) is 6.74. The van der Waals surface area contributed by atoms with Crippen LogP contribution in [0.25, 0.3) is 22.0 Å². The van der Waals surface area contributed by atoms with Crippen molar-refractivity contribution in [1.82, 2.24) is 14.5 Å². The number of anilines is 1. The number of fused-ring (bicyclic) bond motifs is 1. The van der Waals surface area contributed by atoms with Gasteiger partial charge in [0, 0.05) is 38.1 Å². The molecular weight excluding hydrogens is 345 g/mol. The topological polar surface area (TPSA) is 87.9 Å². The smallest absolute Gasteiger partial charge is 0.256 e. The van der Waals surface area contributed by atoms with Gasteiger partial charge in [-0.05, 0) is 30.5 Å². The van der Waals surface area contributed by atoms with Crippen LogP contribution in [0.5, 0.6) is 0 Å². The summed E-state index contributed by atoms with van der Waals surface area (Å²) in [6.45, 7) is 1.34. The van der Waals surface area contributed by atoms with Crippen LogP contribution in [0.3, 0.4) is 0 Å². The van der Waals surface area contributed by atoms with Gasteiger partial charge in [0.1, 0.15) is 17.7 Å². The Morgan fingerprint density at radius 2 is 2.07 bits per heavy atom. The summed E-state index contributed by atoms with van der Waals surface area (Å²) >= 11 is 0. The molecule has 136 valence electrons. The van der Waals surface area contributed by atoms with Crippen molar-refractivity contribution >= 4 is 22.6 Å². The molecule has 1 fully saturated rings. The summed E-state index contributed by atoms with van der Waals surface area (Å²) < 4.78 is 16.5. The van der Waals surface area contributed by atoms with Crippen molar-refractivity contribution in [2.45, 2.75) is 12.8 Å². The lowest BCUT2D eigenvalue weighted by Gasteiger charge is -2.16. The number of hydrogen-bond donors (Lipinski definition) is 1. The SMILES string of the molecule is Cn1cc(-c2ccc(C(=O)N3CCCC3)c(F)c2)c2c(N)ncc(C#N)c21. The molecular formula is C20H18FN5O. The van der Waals surface area contributed by atoms with Gasteiger partial charge in [-0.1, -0.05) is 6.07 Å². The van der Waals surface area contributed by atoms with E-state index in [0.717, 1.165) is 12.8 Å². The Morgan fingerprint density at radius 3 is 2.74 bits per heavy atom. The Balaban J connectivity index is 1.82. The molecule has 7 heteroatoms. The van der Waals surface area contributed by atoms with Crippen LogP contribution in [0, 0.1) is 17.1 Å². The third kappa shape index (κ3) is 2.70. The highest BCUT2D eigenvalue weighted by atomic mass is 19.1. The number of rotatable bonds is 2. The number of nitrogen functional groups attached to an aromatic ring is 1. The molecule has 4 rings (SSSR count). The first-order chi connectivity index (χ1) is 13.0. The van der Waals surface area contributed by atoms with Crippen molar-refractivity contribution in [3.63, 3.8) is 0 Å². The van der Waals surface area contributed by atoms with Crippen LogP contribution in [0.1, 0.15) is 28.8 Å².